The average Bonchev–Trinajstić information content (AvgIpc) is 3.10. The van der Waals surface area contributed by atoms with Crippen molar-refractivity contribution >= 4 is 5.91 Å². The highest BCUT2D eigenvalue weighted by molar-refractivity contribution is 5.78. The van der Waals surface area contributed by atoms with Crippen LogP contribution in [0.3, 0.4) is 0 Å². The Bertz CT molecular complexity index is 595. The van der Waals surface area contributed by atoms with E-state index in [2.05, 4.69) is 39.7 Å². The molecule has 1 fully saturated rings. The van der Waals surface area contributed by atoms with Gasteiger partial charge < -0.3 is 9.84 Å². The van der Waals surface area contributed by atoms with Crippen LogP contribution in [0.5, 0.6) is 0 Å². The molecule has 1 aromatic heterocycles. The van der Waals surface area contributed by atoms with Gasteiger partial charge in [0.1, 0.15) is 0 Å². The van der Waals surface area contributed by atoms with Crippen molar-refractivity contribution in [3.8, 4) is 0 Å². The standard InChI is InChI=1S/C16H19N3O2/c20-15-10-9-13(17-15)11-16-18-14(19-21-16)8-4-7-12-5-2-1-3-6-12/h1-3,5-6,13H,4,7-11H2,(H,17,20). The molecule has 1 amide bonds. The first-order valence-electron chi connectivity index (χ1n) is 7.44. The Morgan fingerprint density at radius 1 is 1.24 bits per heavy atom. The van der Waals surface area contributed by atoms with Crippen LogP contribution in [0.15, 0.2) is 34.9 Å². The first-order chi connectivity index (χ1) is 10.3. The summed E-state index contributed by atoms with van der Waals surface area (Å²) in [6.07, 6.45) is 4.92. The maximum absolute atomic E-state index is 11.1. The van der Waals surface area contributed by atoms with Crippen LogP contribution in [0, 0.1) is 0 Å². The Hall–Kier alpha value is -2.17. The summed E-state index contributed by atoms with van der Waals surface area (Å²) in [6.45, 7) is 0. The van der Waals surface area contributed by atoms with E-state index in [1.54, 1.807) is 0 Å². The van der Waals surface area contributed by atoms with Gasteiger partial charge in [-0.1, -0.05) is 35.5 Å². The Morgan fingerprint density at radius 2 is 2.10 bits per heavy atom. The number of rotatable bonds is 6. The van der Waals surface area contributed by atoms with Crippen LogP contribution in [-0.4, -0.2) is 22.1 Å². The van der Waals surface area contributed by atoms with Gasteiger partial charge in [0.25, 0.3) is 0 Å². The van der Waals surface area contributed by atoms with Crippen LogP contribution in [0.1, 0.15) is 36.5 Å². The predicted molar refractivity (Wildman–Crippen MR) is 77.6 cm³/mol. The van der Waals surface area contributed by atoms with Gasteiger partial charge in [0.05, 0.1) is 0 Å². The molecule has 110 valence electrons. The molecule has 1 saturated heterocycles. The van der Waals surface area contributed by atoms with Crippen molar-refractivity contribution in [1.29, 1.82) is 0 Å². The maximum Gasteiger partial charge on any atom is 0.228 e. The fraction of sp³-hybridized carbons (Fsp3) is 0.438. The summed E-state index contributed by atoms with van der Waals surface area (Å²) in [4.78, 5) is 15.5. The smallest absolute Gasteiger partial charge is 0.228 e. The molecule has 21 heavy (non-hydrogen) atoms. The summed E-state index contributed by atoms with van der Waals surface area (Å²) < 4.78 is 5.25. The summed E-state index contributed by atoms with van der Waals surface area (Å²) in [7, 11) is 0. The molecular formula is C16H19N3O2. The number of hydrogen-bond donors (Lipinski definition) is 1. The molecule has 2 aromatic rings. The SMILES string of the molecule is O=C1CCC(Cc2nc(CCCc3ccccc3)no2)N1. The monoisotopic (exact) mass is 285 g/mol. The maximum atomic E-state index is 11.1. The molecular weight excluding hydrogens is 266 g/mol. The van der Waals surface area contributed by atoms with Gasteiger partial charge in [-0.25, -0.2) is 0 Å². The lowest BCUT2D eigenvalue weighted by atomic mass is 10.1. The second kappa shape index (κ2) is 6.52. The number of nitrogens with zero attached hydrogens (tertiary/aromatic N) is 2. The minimum atomic E-state index is 0.114. The first-order valence-corrected chi connectivity index (χ1v) is 7.44. The first kappa shape index (κ1) is 13.8. The molecule has 0 aliphatic carbocycles. The van der Waals surface area contributed by atoms with Gasteiger partial charge in [-0.3, -0.25) is 4.79 Å². The van der Waals surface area contributed by atoms with Gasteiger partial charge in [0.2, 0.25) is 11.8 Å². The third-order valence-electron chi connectivity index (χ3n) is 3.72. The van der Waals surface area contributed by atoms with Gasteiger partial charge >= 0.3 is 0 Å². The summed E-state index contributed by atoms with van der Waals surface area (Å²) in [6, 6.07) is 10.5. The lowest BCUT2D eigenvalue weighted by molar-refractivity contribution is -0.119. The molecule has 0 saturated carbocycles. The van der Waals surface area contributed by atoms with E-state index in [0.29, 0.717) is 18.7 Å². The van der Waals surface area contributed by atoms with Crippen molar-refractivity contribution in [2.45, 2.75) is 44.6 Å². The molecule has 1 aliphatic heterocycles. The molecule has 0 radical (unpaired) electrons. The quantitative estimate of drug-likeness (QED) is 0.882. The zero-order chi connectivity index (χ0) is 14.5. The molecule has 3 rings (SSSR count). The van der Waals surface area contributed by atoms with Crippen LogP contribution in [0.4, 0.5) is 0 Å². The van der Waals surface area contributed by atoms with Crippen molar-refractivity contribution in [2.24, 2.45) is 0 Å². The fourth-order valence-corrected chi connectivity index (χ4v) is 2.61. The molecule has 1 aromatic carbocycles. The number of carbonyl (C=O) groups is 1. The molecule has 2 heterocycles. The largest absolute Gasteiger partial charge is 0.353 e. The summed E-state index contributed by atoms with van der Waals surface area (Å²) in [5, 5.41) is 6.92. The Kier molecular flexibility index (Phi) is 4.28. The minimum Gasteiger partial charge on any atom is -0.353 e. The van der Waals surface area contributed by atoms with E-state index in [4.69, 9.17) is 4.52 Å². The van der Waals surface area contributed by atoms with Crippen LogP contribution in [0.25, 0.3) is 0 Å². The van der Waals surface area contributed by atoms with Gasteiger partial charge in [0, 0.05) is 25.3 Å². The molecule has 0 spiro atoms. The van der Waals surface area contributed by atoms with E-state index in [1.807, 2.05) is 6.07 Å². The van der Waals surface area contributed by atoms with E-state index >= 15 is 0 Å². The molecule has 0 bridgehead atoms. The topological polar surface area (TPSA) is 68.0 Å². The van der Waals surface area contributed by atoms with Crippen molar-refractivity contribution in [1.82, 2.24) is 15.5 Å². The van der Waals surface area contributed by atoms with Gasteiger partial charge in [-0.2, -0.15) is 4.98 Å². The van der Waals surface area contributed by atoms with Gasteiger partial charge in [-0.15, -0.1) is 0 Å². The third-order valence-corrected chi connectivity index (χ3v) is 3.72. The Morgan fingerprint density at radius 3 is 2.86 bits per heavy atom. The van der Waals surface area contributed by atoms with Crippen LogP contribution >= 0.6 is 0 Å². The van der Waals surface area contributed by atoms with Crippen LogP contribution in [-0.2, 0) is 24.1 Å². The Labute approximate surface area is 123 Å². The van der Waals surface area contributed by atoms with E-state index < -0.39 is 0 Å². The van der Waals surface area contributed by atoms with Crippen molar-refractivity contribution < 1.29 is 9.32 Å². The number of carbonyl (C=O) groups excluding carboxylic acids is 1. The molecule has 5 nitrogen and oxygen atoms in total. The minimum absolute atomic E-state index is 0.114. The Balaban J connectivity index is 1.45. The fourth-order valence-electron chi connectivity index (χ4n) is 2.61. The highest BCUT2D eigenvalue weighted by Gasteiger charge is 2.23. The lowest BCUT2D eigenvalue weighted by Crippen LogP contribution is -2.27. The second-order valence-corrected chi connectivity index (χ2v) is 5.45. The number of benzene rings is 1. The highest BCUT2D eigenvalue weighted by atomic mass is 16.5. The number of hydrogen-bond acceptors (Lipinski definition) is 4. The third kappa shape index (κ3) is 3.90. The van der Waals surface area contributed by atoms with Gasteiger partial charge in [-0.05, 0) is 24.8 Å². The van der Waals surface area contributed by atoms with E-state index in [-0.39, 0.29) is 11.9 Å². The van der Waals surface area contributed by atoms with Gasteiger partial charge in [0.15, 0.2) is 5.82 Å². The number of aromatic nitrogens is 2. The summed E-state index contributed by atoms with van der Waals surface area (Å²) in [5.74, 6) is 1.49. The molecule has 5 heteroatoms. The highest BCUT2D eigenvalue weighted by Crippen LogP contribution is 2.12. The van der Waals surface area contributed by atoms with Crippen molar-refractivity contribution in [2.75, 3.05) is 0 Å². The summed E-state index contributed by atoms with van der Waals surface area (Å²) >= 11 is 0. The van der Waals surface area contributed by atoms with E-state index in [0.717, 1.165) is 31.5 Å². The number of amides is 1. The lowest BCUT2D eigenvalue weighted by Gasteiger charge is -2.04. The normalized spacial score (nSPS) is 17.9. The number of aryl methyl sites for hydroxylation is 2. The van der Waals surface area contributed by atoms with E-state index in [1.165, 1.54) is 5.56 Å². The van der Waals surface area contributed by atoms with Crippen LogP contribution in [0.2, 0.25) is 0 Å². The zero-order valence-corrected chi connectivity index (χ0v) is 11.9. The second-order valence-electron chi connectivity index (χ2n) is 5.45. The molecule has 1 N–H and O–H groups in total. The number of nitrogens with one attached hydrogen (secondary N) is 1. The van der Waals surface area contributed by atoms with Crippen molar-refractivity contribution in [3.63, 3.8) is 0 Å². The molecule has 1 aliphatic rings. The molecule has 1 atom stereocenters. The molecule has 1 unspecified atom stereocenters. The zero-order valence-electron chi connectivity index (χ0n) is 11.9. The average molecular weight is 285 g/mol. The summed E-state index contributed by atoms with van der Waals surface area (Å²) in [5.41, 5.74) is 1.33. The van der Waals surface area contributed by atoms with E-state index in [9.17, 15) is 4.79 Å². The van der Waals surface area contributed by atoms with Crippen molar-refractivity contribution in [3.05, 3.63) is 47.6 Å². The predicted octanol–water partition coefficient (Wildman–Crippen LogP) is 2.07. The van der Waals surface area contributed by atoms with Crippen LogP contribution < -0.4 is 5.32 Å².